The van der Waals surface area contributed by atoms with Crippen LogP contribution in [0.4, 0.5) is 0 Å². The fourth-order valence-electron chi connectivity index (χ4n) is 2.99. The van der Waals surface area contributed by atoms with Crippen LogP contribution in [0.1, 0.15) is 27.9 Å². The summed E-state index contributed by atoms with van der Waals surface area (Å²) in [5, 5.41) is 3.59. The van der Waals surface area contributed by atoms with Gasteiger partial charge in [-0.2, -0.15) is 0 Å². The number of carbonyl (C=O) groups excluding carboxylic acids is 1. The van der Waals surface area contributed by atoms with E-state index < -0.39 is 0 Å². The molecule has 1 amide bonds. The van der Waals surface area contributed by atoms with Crippen molar-refractivity contribution in [1.82, 2.24) is 10.3 Å². The molecule has 0 aliphatic rings. The van der Waals surface area contributed by atoms with Gasteiger partial charge in [-0.25, -0.2) is 0 Å². The molecule has 0 bridgehead atoms. The Kier molecular flexibility index (Phi) is 5.22. The van der Waals surface area contributed by atoms with E-state index in [1.54, 1.807) is 24.4 Å². The Hall–Kier alpha value is -3.37. The van der Waals surface area contributed by atoms with Gasteiger partial charge in [0.05, 0.1) is 16.8 Å². The number of amides is 1. The van der Waals surface area contributed by atoms with E-state index in [0.29, 0.717) is 10.8 Å². The number of benzene rings is 2. The minimum absolute atomic E-state index is 0.215. The first-order chi connectivity index (χ1) is 13.7. The number of hydrogen-bond acceptors (Lipinski definition) is 3. The maximum absolute atomic E-state index is 12.9. The van der Waals surface area contributed by atoms with Crippen LogP contribution in [0.15, 0.2) is 95.5 Å². The van der Waals surface area contributed by atoms with Crippen molar-refractivity contribution in [1.29, 1.82) is 0 Å². The molecule has 2 heterocycles. The van der Waals surface area contributed by atoms with Crippen LogP contribution in [0.3, 0.4) is 0 Å². The van der Waals surface area contributed by atoms with E-state index in [0.717, 1.165) is 16.8 Å². The molecule has 1 unspecified atom stereocenters. The summed E-state index contributed by atoms with van der Waals surface area (Å²) in [4.78, 5) is 17.3. The van der Waals surface area contributed by atoms with Gasteiger partial charge < -0.3 is 9.73 Å². The van der Waals surface area contributed by atoms with Crippen molar-refractivity contribution in [2.45, 2.75) is 6.04 Å². The Morgan fingerprint density at radius 2 is 1.64 bits per heavy atom. The number of furan rings is 1. The van der Waals surface area contributed by atoms with Gasteiger partial charge in [-0.15, -0.1) is 0 Å². The normalized spacial score (nSPS) is 11.8. The molecule has 4 nitrogen and oxygen atoms in total. The topological polar surface area (TPSA) is 55.1 Å². The van der Waals surface area contributed by atoms with Gasteiger partial charge >= 0.3 is 0 Å². The lowest BCUT2D eigenvalue weighted by molar-refractivity contribution is 0.0915. The summed E-state index contributed by atoms with van der Waals surface area (Å²) in [7, 11) is 0. The first-order valence-corrected chi connectivity index (χ1v) is 9.21. The second-order valence-electron chi connectivity index (χ2n) is 6.22. The molecule has 0 saturated heterocycles. The molecular weight excluding hydrogens is 372 g/mol. The lowest BCUT2D eigenvalue weighted by atomic mass is 10.0. The number of carbonyl (C=O) groups is 1. The molecule has 0 spiro atoms. The van der Waals surface area contributed by atoms with Gasteiger partial charge in [0, 0.05) is 11.8 Å². The zero-order valence-electron chi connectivity index (χ0n) is 14.9. The van der Waals surface area contributed by atoms with Crippen LogP contribution in [0.5, 0.6) is 0 Å². The number of rotatable bonds is 5. The Labute approximate surface area is 167 Å². The number of pyridine rings is 1. The highest BCUT2D eigenvalue weighted by Crippen LogP contribution is 2.29. The van der Waals surface area contributed by atoms with Gasteiger partial charge in [0.15, 0.2) is 5.76 Å². The first-order valence-electron chi connectivity index (χ1n) is 8.84. The van der Waals surface area contributed by atoms with Crippen molar-refractivity contribution in [3.63, 3.8) is 0 Å². The fraction of sp³-hybridized carbons (Fsp3) is 0.0435. The van der Waals surface area contributed by atoms with Crippen molar-refractivity contribution in [3.8, 4) is 11.3 Å². The lowest BCUT2D eigenvalue weighted by Crippen LogP contribution is -2.29. The number of aromatic nitrogens is 1. The van der Waals surface area contributed by atoms with E-state index >= 15 is 0 Å². The second kappa shape index (κ2) is 8.11. The zero-order valence-corrected chi connectivity index (χ0v) is 15.6. The maximum Gasteiger partial charge on any atom is 0.287 e. The van der Waals surface area contributed by atoms with E-state index in [-0.39, 0.29) is 17.7 Å². The Morgan fingerprint density at radius 1 is 0.893 bits per heavy atom. The third-order valence-electron chi connectivity index (χ3n) is 4.36. The summed E-state index contributed by atoms with van der Waals surface area (Å²) in [6, 6.07) is 25.7. The molecule has 4 rings (SSSR count). The summed E-state index contributed by atoms with van der Waals surface area (Å²) in [6.45, 7) is 0. The van der Waals surface area contributed by atoms with Crippen molar-refractivity contribution in [3.05, 3.63) is 113 Å². The Bertz CT molecular complexity index is 1040. The van der Waals surface area contributed by atoms with E-state index in [1.165, 1.54) is 0 Å². The fourth-order valence-corrected chi connectivity index (χ4v) is 3.22. The molecular formula is C23H17ClN2O2. The molecule has 0 aliphatic carbocycles. The van der Waals surface area contributed by atoms with E-state index in [1.807, 2.05) is 66.7 Å². The molecule has 0 aliphatic heterocycles. The highest BCUT2D eigenvalue weighted by Gasteiger charge is 2.21. The molecule has 1 N–H and O–H groups in total. The van der Waals surface area contributed by atoms with Gasteiger partial charge in [0.2, 0.25) is 0 Å². The number of nitrogens with zero attached hydrogens (tertiary/aromatic N) is 1. The summed E-state index contributed by atoms with van der Waals surface area (Å²) >= 11 is 6.22. The van der Waals surface area contributed by atoms with Crippen molar-refractivity contribution in [2.24, 2.45) is 0 Å². The predicted octanol–water partition coefficient (Wildman–Crippen LogP) is 5.51. The monoisotopic (exact) mass is 388 g/mol. The first kappa shape index (κ1) is 18.0. The molecule has 1 atom stereocenters. The lowest BCUT2D eigenvalue weighted by Gasteiger charge is -2.18. The van der Waals surface area contributed by atoms with Crippen LogP contribution in [-0.2, 0) is 0 Å². The van der Waals surface area contributed by atoms with Crippen LogP contribution in [0.25, 0.3) is 11.3 Å². The summed E-state index contributed by atoms with van der Waals surface area (Å²) in [6.07, 6.45) is 1.71. The SMILES string of the molecule is O=C(NC(c1ccccc1)c1ccccn1)c1ccc(-c2ccccc2Cl)o1. The smallest absolute Gasteiger partial charge is 0.287 e. The minimum atomic E-state index is -0.385. The van der Waals surface area contributed by atoms with Gasteiger partial charge in [0.1, 0.15) is 5.76 Å². The second-order valence-corrected chi connectivity index (χ2v) is 6.62. The third-order valence-corrected chi connectivity index (χ3v) is 4.69. The van der Waals surface area contributed by atoms with E-state index in [9.17, 15) is 4.79 Å². The Morgan fingerprint density at radius 3 is 2.39 bits per heavy atom. The highest BCUT2D eigenvalue weighted by atomic mass is 35.5. The van der Waals surface area contributed by atoms with Gasteiger partial charge in [-0.3, -0.25) is 9.78 Å². The molecule has 2 aromatic carbocycles. The quantitative estimate of drug-likeness (QED) is 0.490. The predicted molar refractivity (Wildman–Crippen MR) is 109 cm³/mol. The highest BCUT2D eigenvalue weighted by molar-refractivity contribution is 6.33. The average molecular weight is 389 g/mol. The number of halogens is 1. The van der Waals surface area contributed by atoms with E-state index in [2.05, 4.69) is 10.3 Å². The standard InChI is InChI=1S/C23H17ClN2O2/c24-18-11-5-4-10-17(18)20-13-14-21(28-20)23(27)26-22(16-8-2-1-3-9-16)19-12-6-7-15-25-19/h1-15,22H,(H,26,27). The van der Waals surface area contributed by atoms with Gasteiger partial charge in [-0.05, 0) is 42.0 Å². The summed E-state index contributed by atoms with van der Waals surface area (Å²) in [5.41, 5.74) is 2.43. The van der Waals surface area contributed by atoms with Crippen LogP contribution >= 0.6 is 11.6 Å². The molecule has 0 fully saturated rings. The van der Waals surface area contributed by atoms with Gasteiger partial charge in [0.25, 0.3) is 5.91 Å². The van der Waals surface area contributed by atoms with Crippen molar-refractivity contribution >= 4 is 17.5 Å². The van der Waals surface area contributed by atoms with E-state index in [4.69, 9.17) is 16.0 Å². The number of nitrogens with one attached hydrogen (secondary N) is 1. The molecule has 2 aromatic heterocycles. The molecule has 138 valence electrons. The van der Waals surface area contributed by atoms with Crippen LogP contribution in [0.2, 0.25) is 5.02 Å². The van der Waals surface area contributed by atoms with Crippen molar-refractivity contribution < 1.29 is 9.21 Å². The van der Waals surface area contributed by atoms with Crippen LogP contribution < -0.4 is 5.32 Å². The molecule has 5 heteroatoms. The van der Waals surface area contributed by atoms with Crippen molar-refractivity contribution in [2.75, 3.05) is 0 Å². The minimum Gasteiger partial charge on any atom is -0.451 e. The van der Waals surface area contributed by atoms with Gasteiger partial charge in [-0.1, -0.05) is 60.1 Å². The molecule has 4 aromatic rings. The molecule has 0 radical (unpaired) electrons. The van der Waals surface area contributed by atoms with Crippen LogP contribution in [0, 0.1) is 0 Å². The average Bonchev–Trinajstić information content (AvgIpc) is 3.23. The Balaban J connectivity index is 1.61. The summed E-state index contributed by atoms with van der Waals surface area (Å²) < 4.78 is 5.77. The number of hydrogen-bond donors (Lipinski definition) is 1. The third kappa shape index (κ3) is 3.82. The molecule has 0 saturated carbocycles. The summed E-state index contributed by atoms with van der Waals surface area (Å²) in [5.74, 6) is 0.439. The molecule has 28 heavy (non-hydrogen) atoms. The zero-order chi connectivity index (χ0) is 19.3. The van der Waals surface area contributed by atoms with Crippen LogP contribution in [-0.4, -0.2) is 10.9 Å². The largest absolute Gasteiger partial charge is 0.451 e. The maximum atomic E-state index is 12.9.